The molecule has 7 atom stereocenters. The van der Waals surface area contributed by atoms with Gasteiger partial charge in [-0.15, -0.1) is 0 Å². The number of carbonyl (C=O) groups is 2. The molecule has 0 amide bonds. The Morgan fingerprint density at radius 2 is 1.74 bits per heavy atom. The molecule has 0 aromatic carbocycles. The lowest BCUT2D eigenvalue weighted by Gasteiger charge is -2.46. The summed E-state index contributed by atoms with van der Waals surface area (Å²) in [5.74, 6) is 0.191. The fourth-order valence-electron chi connectivity index (χ4n) is 8.84. The molecule has 0 aromatic heterocycles. The lowest BCUT2D eigenvalue weighted by atomic mass is 9.63. The van der Waals surface area contributed by atoms with E-state index in [2.05, 4.69) is 54.5 Å². The van der Waals surface area contributed by atoms with Gasteiger partial charge < -0.3 is 24.4 Å². The second-order valence-electron chi connectivity index (χ2n) is 16.6. The lowest BCUT2D eigenvalue weighted by Crippen LogP contribution is -2.46. The molecule has 0 aromatic rings. The summed E-state index contributed by atoms with van der Waals surface area (Å²) in [4.78, 5) is 24.1. The zero-order chi connectivity index (χ0) is 34.1. The number of fused-ring (bicyclic) bond motifs is 1. The number of carbonyl (C=O) groups excluding carboxylic acids is 2. The van der Waals surface area contributed by atoms with E-state index in [1.807, 2.05) is 31.2 Å². The molecular weight excluding hydrogens is 580 g/mol. The number of unbranched alkanes of at least 4 members (excludes halogenated alkanes) is 3. The van der Waals surface area contributed by atoms with Crippen molar-refractivity contribution in [1.29, 1.82) is 0 Å². The molecule has 2 aliphatic carbocycles. The third-order valence-electron chi connectivity index (χ3n) is 11.0. The number of epoxide rings is 1. The van der Waals surface area contributed by atoms with E-state index >= 15 is 0 Å². The average Bonchev–Trinajstić information content (AvgIpc) is 3.36. The summed E-state index contributed by atoms with van der Waals surface area (Å²) in [5, 5.41) is 21.5. The van der Waals surface area contributed by atoms with E-state index in [-0.39, 0.29) is 35.0 Å². The molecule has 2 unspecified atom stereocenters. The number of hydrogen-bond donors (Lipinski definition) is 2. The van der Waals surface area contributed by atoms with Crippen molar-refractivity contribution in [3.05, 3.63) is 47.3 Å². The number of cyclic esters (lactones) is 1. The van der Waals surface area contributed by atoms with Crippen molar-refractivity contribution in [2.75, 3.05) is 0 Å². The summed E-state index contributed by atoms with van der Waals surface area (Å²) in [6, 6.07) is 0. The van der Waals surface area contributed by atoms with E-state index < -0.39 is 22.7 Å². The Bertz CT molecular complexity index is 1250. The lowest BCUT2D eigenvalue weighted by molar-refractivity contribution is -0.152. The predicted octanol–water partition coefficient (Wildman–Crippen LogP) is 8.05. The molecule has 0 bridgehead atoms. The van der Waals surface area contributed by atoms with Crippen LogP contribution in [0.25, 0.3) is 0 Å². The molecular formula is C39H60O7. The molecule has 2 heterocycles. The van der Waals surface area contributed by atoms with E-state index in [0.717, 1.165) is 44.1 Å². The van der Waals surface area contributed by atoms with Gasteiger partial charge in [0.2, 0.25) is 0 Å². The second-order valence-corrected chi connectivity index (χ2v) is 16.6. The molecule has 46 heavy (non-hydrogen) atoms. The SMILES string of the molecule is CC(=O)O[C@H]1CC(C)(C)C(=CCC(C)CCCCCC/C(C)=C/C2=CC(/C=C/[C@@]34O[C@]3(C)C[C@@H](O)CC4(C)C)C(=O)O2)[C@](C)(O)C1. The molecule has 2 N–H and O–H groups in total. The normalized spacial score (nSPS) is 36.7. The standard InChI is InChI=1S/C39H60O7/c1-26(16-17-33-35(4,5)24-32(44-28(3)40)25-37(33,8)43)14-12-10-11-13-15-27(2)20-31-21-29(34(42)45-31)18-19-39-36(6,7)22-30(41)23-38(39,9)46-39/h17-21,26,29-30,32,41,43H,10-16,22-25H2,1-9H3/b19-18+,27-20+,33-17?/t26?,29?,30-,32-,37+,38+,39-/m0/s1. The van der Waals surface area contributed by atoms with Crippen LogP contribution in [-0.4, -0.2) is 51.2 Å². The number of rotatable bonds is 13. The van der Waals surface area contributed by atoms with Crippen LogP contribution in [0, 0.1) is 22.7 Å². The highest BCUT2D eigenvalue weighted by Gasteiger charge is 2.74. The van der Waals surface area contributed by atoms with Crippen LogP contribution in [0.15, 0.2) is 47.3 Å². The summed E-state index contributed by atoms with van der Waals surface area (Å²) in [7, 11) is 0. The zero-order valence-corrected chi connectivity index (χ0v) is 29.9. The third kappa shape index (κ3) is 8.25. The molecule has 4 aliphatic rings. The number of aliphatic hydroxyl groups is 2. The van der Waals surface area contributed by atoms with Crippen molar-refractivity contribution in [2.45, 2.75) is 162 Å². The van der Waals surface area contributed by atoms with Gasteiger partial charge in [0, 0.05) is 25.2 Å². The van der Waals surface area contributed by atoms with Crippen molar-refractivity contribution >= 4 is 11.9 Å². The molecule has 3 fully saturated rings. The topological polar surface area (TPSA) is 106 Å². The van der Waals surface area contributed by atoms with Crippen LogP contribution in [-0.2, 0) is 23.8 Å². The van der Waals surface area contributed by atoms with Crippen molar-refractivity contribution < 1.29 is 34.0 Å². The Morgan fingerprint density at radius 1 is 1.04 bits per heavy atom. The zero-order valence-electron chi connectivity index (χ0n) is 29.9. The van der Waals surface area contributed by atoms with Crippen LogP contribution < -0.4 is 0 Å². The van der Waals surface area contributed by atoms with Crippen molar-refractivity contribution in [1.82, 2.24) is 0 Å². The maximum Gasteiger partial charge on any atom is 0.322 e. The van der Waals surface area contributed by atoms with Crippen molar-refractivity contribution in [2.24, 2.45) is 22.7 Å². The number of aliphatic hydroxyl groups excluding tert-OH is 1. The molecule has 1 saturated heterocycles. The predicted molar refractivity (Wildman–Crippen MR) is 181 cm³/mol. The minimum atomic E-state index is -0.970. The molecule has 4 rings (SSSR count). The van der Waals surface area contributed by atoms with E-state index in [1.165, 1.54) is 25.3 Å². The largest absolute Gasteiger partial charge is 0.462 e. The van der Waals surface area contributed by atoms with Gasteiger partial charge in [-0.1, -0.05) is 84.1 Å². The van der Waals surface area contributed by atoms with Crippen molar-refractivity contribution in [3.8, 4) is 0 Å². The molecule has 258 valence electrons. The molecule has 2 aliphatic heterocycles. The first kappa shape index (κ1) is 36.6. The minimum Gasteiger partial charge on any atom is -0.462 e. The molecule has 7 nitrogen and oxygen atoms in total. The first-order valence-electron chi connectivity index (χ1n) is 17.6. The highest BCUT2D eigenvalue weighted by Crippen LogP contribution is 2.66. The van der Waals surface area contributed by atoms with Crippen molar-refractivity contribution in [3.63, 3.8) is 0 Å². The minimum absolute atomic E-state index is 0.218. The molecule has 7 heteroatoms. The molecule has 0 spiro atoms. The van der Waals surface area contributed by atoms with Crippen LogP contribution in [0.5, 0.6) is 0 Å². The van der Waals surface area contributed by atoms with Gasteiger partial charge in [-0.3, -0.25) is 9.59 Å². The van der Waals surface area contributed by atoms with Crippen LogP contribution in [0.2, 0.25) is 0 Å². The van der Waals surface area contributed by atoms with E-state index in [0.29, 0.717) is 30.9 Å². The number of esters is 2. The maximum atomic E-state index is 12.6. The Labute approximate surface area is 277 Å². The summed E-state index contributed by atoms with van der Waals surface area (Å²) in [5.41, 5.74) is 0.0205. The van der Waals surface area contributed by atoms with Gasteiger partial charge >= 0.3 is 11.9 Å². The average molecular weight is 641 g/mol. The second kappa shape index (κ2) is 13.7. The first-order valence-corrected chi connectivity index (χ1v) is 17.6. The fraction of sp³-hybridized carbons (Fsp3) is 0.744. The quantitative estimate of drug-likeness (QED) is 0.0908. The Balaban J connectivity index is 1.17. The van der Waals surface area contributed by atoms with E-state index in [9.17, 15) is 19.8 Å². The Morgan fingerprint density at radius 3 is 2.39 bits per heavy atom. The van der Waals surface area contributed by atoms with Crippen LogP contribution in [0.4, 0.5) is 0 Å². The fourth-order valence-corrected chi connectivity index (χ4v) is 8.84. The van der Waals surface area contributed by atoms with E-state index in [1.54, 1.807) is 0 Å². The van der Waals surface area contributed by atoms with Gasteiger partial charge in [0.05, 0.1) is 17.6 Å². The number of allylic oxidation sites excluding steroid dienone is 3. The monoisotopic (exact) mass is 640 g/mol. The third-order valence-corrected chi connectivity index (χ3v) is 11.0. The van der Waals surface area contributed by atoms with Crippen LogP contribution >= 0.6 is 0 Å². The molecule has 2 saturated carbocycles. The summed E-state index contributed by atoms with van der Waals surface area (Å²) in [6.07, 6.45) is 19.6. The summed E-state index contributed by atoms with van der Waals surface area (Å²) >= 11 is 0. The summed E-state index contributed by atoms with van der Waals surface area (Å²) in [6.45, 7) is 18.2. The van der Waals surface area contributed by atoms with Gasteiger partial charge in [-0.25, -0.2) is 0 Å². The first-order chi connectivity index (χ1) is 21.3. The highest BCUT2D eigenvalue weighted by molar-refractivity contribution is 5.81. The van der Waals surface area contributed by atoms with Gasteiger partial charge in [-0.05, 0) is 81.9 Å². The van der Waals surface area contributed by atoms with Gasteiger partial charge in [-0.2, -0.15) is 0 Å². The molecule has 0 radical (unpaired) electrons. The number of ether oxygens (including phenoxy) is 3. The van der Waals surface area contributed by atoms with Gasteiger partial charge in [0.1, 0.15) is 23.1 Å². The maximum absolute atomic E-state index is 12.6. The van der Waals surface area contributed by atoms with Crippen LogP contribution in [0.3, 0.4) is 0 Å². The van der Waals surface area contributed by atoms with Gasteiger partial charge in [0.15, 0.2) is 0 Å². The highest BCUT2D eigenvalue weighted by atomic mass is 16.6. The number of hydrogen-bond acceptors (Lipinski definition) is 7. The Hall–Kier alpha value is -2.22. The smallest absolute Gasteiger partial charge is 0.322 e. The van der Waals surface area contributed by atoms with Crippen LogP contribution in [0.1, 0.15) is 133 Å². The Kier molecular flexibility index (Phi) is 10.9. The summed E-state index contributed by atoms with van der Waals surface area (Å²) < 4.78 is 17.3. The van der Waals surface area contributed by atoms with E-state index in [4.69, 9.17) is 14.2 Å². The van der Waals surface area contributed by atoms with Gasteiger partial charge in [0.25, 0.3) is 0 Å².